The van der Waals surface area contributed by atoms with Crippen LogP contribution < -0.4 is 0 Å². The Labute approximate surface area is 110 Å². The molecular formula is C13H8BrN3O. The van der Waals surface area contributed by atoms with Crippen LogP contribution in [-0.4, -0.2) is 15.1 Å². The van der Waals surface area contributed by atoms with Crippen LogP contribution in [0.2, 0.25) is 0 Å². The minimum Gasteiger partial charge on any atom is -0.380 e. The summed E-state index contributed by atoms with van der Waals surface area (Å²) in [6.07, 6.45) is 0. The van der Waals surface area contributed by atoms with Crippen molar-refractivity contribution in [2.45, 2.75) is 6.92 Å². The van der Waals surface area contributed by atoms with Crippen molar-refractivity contribution in [3.8, 4) is 0 Å². The average Bonchev–Trinajstić information content (AvgIpc) is 2.89. The van der Waals surface area contributed by atoms with E-state index in [-0.39, 0.29) is 0 Å². The topological polar surface area (TPSA) is 54.7 Å². The van der Waals surface area contributed by atoms with Gasteiger partial charge in [0.2, 0.25) is 0 Å². The number of hydrogen-bond acceptors (Lipinski definition) is 3. The third-order valence-corrected chi connectivity index (χ3v) is 3.61. The zero-order chi connectivity index (χ0) is 12.3. The summed E-state index contributed by atoms with van der Waals surface area (Å²) in [6, 6.07) is 8.01. The van der Waals surface area contributed by atoms with Gasteiger partial charge in [0.25, 0.3) is 0 Å². The summed E-state index contributed by atoms with van der Waals surface area (Å²) in [5, 5.41) is 4.93. The van der Waals surface area contributed by atoms with Crippen molar-refractivity contribution < 1.29 is 4.52 Å². The van der Waals surface area contributed by atoms with E-state index in [1.807, 2.05) is 25.1 Å². The Morgan fingerprint density at radius 3 is 2.94 bits per heavy atom. The van der Waals surface area contributed by atoms with Gasteiger partial charge in [-0.15, -0.1) is 0 Å². The summed E-state index contributed by atoms with van der Waals surface area (Å²) < 4.78 is 6.41. The monoisotopic (exact) mass is 301 g/mol. The normalized spacial score (nSPS) is 11.9. The van der Waals surface area contributed by atoms with Crippen molar-refractivity contribution in [1.29, 1.82) is 0 Å². The van der Waals surface area contributed by atoms with E-state index in [1.54, 1.807) is 0 Å². The molecule has 1 aromatic carbocycles. The van der Waals surface area contributed by atoms with E-state index in [0.717, 1.165) is 43.2 Å². The van der Waals surface area contributed by atoms with Gasteiger partial charge in [0.1, 0.15) is 5.52 Å². The minimum atomic E-state index is 0.758. The second-order valence-electron chi connectivity index (χ2n) is 4.31. The van der Waals surface area contributed by atoms with E-state index in [0.29, 0.717) is 0 Å². The van der Waals surface area contributed by atoms with Crippen LogP contribution in [0.1, 0.15) is 5.69 Å². The fraction of sp³-hybridized carbons (Fsp3) is 0.0769. The van der Waals surface area contributed by atoms with E-state index in [4.69, 9.17) is 4.52 Å². The number of H-pyrrole nitrogens is 1. The number of aromatic amines is 1. The molecule has 1 N–H and O–H groups in total. The third kappa shape index (κ3) is 1.25. The van der Waals surface area contributed by atoms with Gasteiger partial charge in [0.15, 0.2) is 11.2 Å². The number of nitrogens with zero attached hydrogens (tertiary/aromatic N) is 2. The van der Waals surface area contributed by atoms with Gasteiger partial charge < -0.3 is 4.52 Å². The third-order valence-electron chi connectivity index (χ3n) is 3.11. The first-order valence-electron chi connectivity index (χ1n) is 5.56. The summed E-state index contributed by atoms with van der Waals surface area (Å²) in [4.78, 5) is 9.09. The number of hydrogen-bond donors (Lipinski definition) is 1. The molecule has 5 heteroatoms. The molecule has 3 heterocycles. The molecule has 0 saturated carbocycles. The zero-order valence-electron chi connectivity index (χ0n) is 9.49. The maximum Gasteiger partial charge on any atom is 0.183 e. The quantitative estimate of drug-likeness (QED) is 0.535. The smallest absolute Gasteiger partial charge is 0.183 e. The van der Waals surface area contributed by atoms with Crippen LogP contribution in [0.25, 0.3) is 33.0 Å². The first-order valence-corrected chi connectivity index (χ1v) is 6.35. The number of aromatic nitrogens is 3. The maximum atomic E-state index is 5.38. The lowest BCUT2D eigenvalue weighted by Gasteiger charge is -1.92. The summed E-state index contributed by atoms with van der Waals surface area (Å²) in [7, 11) is 0. The molecule has 0 amide bonds. The molecule has 4 aromatic rings. The van der Waals surface area contributed by atoms with Crippen LogP contribution in [0.3, 0.4) is 0 Å². The molecule has 0 bridgehead atoms. The van der Waals surface area contributed by atoms with Crippen molar-refractivity contribution in [2.24, 2.45) is 0 Å². The van der Waals surface area contributed by atoms with E-state index in [9.17, 15) is 0 Å². The van der Waals surface area contributed by atoms with Crippen LogP contribution in [0.15, 0.2) is 33.3 Å². The van der Waals surface area contributed by atoms with Crippen molar-refractivity contribution >= 4 is 49.0 Å². The van der Waals surface area contributed by atoms with Crippen LogP contribution in [-0.2, 0) is 0 Å². The molecular weight excluding hydrogens is 294 g/mol. The molecule has 88 valence electrons. The van der Waals surface area contributed by atoms with Crippen LogP contribution in [0, 0.1) is 6.92 Å². The van der Waals surface area contributed by atoms with E-state index in [1.165, 1.54) is 0 Å². The summed E-state index contributed by atoms with van der Waals surface area (Å²) in [6.45, 7) is 1.93. The highest BCUT2D eigenvalue weighted by atomic mass is 79.9. The standard InChI is InChI=1S/C13H8BrN3O/c1-6-12-11(18-17-6)5-9-8-4-7(14)2-3-10(8)15-13(9)16-12/h2-5,17H,1H3. The van der Waals surface area contributed by atoms with Crippen LogP contribution in [0.4, 0.5) is 0 Å². The van der Waals surface area contributed by atoms with Gasteiger partial charge in [-0.25, -0.2) is 15.1 Å². The molecule has 0 atom stereocenters. The van der Waals surface area contributed by atoms with Gasteiger partial charge in [0.05, 0.1) is 11.2 Å². The fourth-order valence-electron chi connectivity index (χ4n) is 2.23. The molecule has 18 heavy (non-hydrogen) atoms. The van der Waals surface area contributed by atoms with Gasteiger partial charge in [-0.05, 0) is 31.2 Å². The Balaban J connectivity index is 2.25. The Bertz CT molecular complexity index is 907. The second-order valence-corrected chi connectivity index (χ2v) is 5.22. The lowest BCUT2D eigenvalue weighted by molar-refractivity contribution is 0.450. The molecule has 0 unspecified atom stereocenters. The Hall–Kier alpha value is -1.88. The Morgan fingerprint density at radius 2 is 2.06 bits per heavy atom. The number of rotatable bonds is 0. The van der Waals surface area contributed by atoms with Crippen molar-refractivity contribution in [3.05, 3.63) is 34.4 Å². The van der Waals surface area contributed by atoms with Gasteiger partial charge >= 0.3 is 0 Å². The molecule has 0 saturated heterocycles. The first kappa shape index (κ1) is 10.1. The van der Waals surface area contributed by atoms with E-state index < -0.39 is 0 Å². The summed E-state index contributed by atoms with van der Waals surface area (Å²) in [5.41, 5.74) is 4.22. The molecule has 0 radical (unpaired) electrons. The highest BCUT2D eigenvalue weighted by molar-refractivity contribution is 9.10. The van der Waals surface area contributed by atoms with Gasteiger partial charge in [-0.1, -0.05) is 15.9 Å². The van der Waals surface area contributed by atoms with E-state index >= 15 is 0 Å². The number of fused-ring (bicyclic) bond motifs is 4. The SMILES string of the molecule is Cc1[nH]oc2cc3c(nc4ccc(Br)cc43)nc12. The lowest BCUT2D eigenvalue weighted by Crippen LogP contribution is -1.79. The Kier molecular flexibility index (Phi) is 1.86. The summed E-state index contributed by atoms with van der Waals surface area (Å²) in [5.74, 6) is 0. The first-order chi connectivity index (χ1) is 8.72. The van der Waals surface area contributed by atoms with Crippen molar-refractivity contribution in [2.75, 3.05) is 0 Å². The predicted molar refractivity (Wildman–Crippen MR) is 73.6 cm³/mol. The molecule has 0 aliphatic carbocycles. The largest absolute Gasteiger partial charge is 0.380 e. The highest BCUT2D eigenvalue weighted by Gasteiger charge is 2.12. The van der Waals surface area contributed by atoms with Gasteiger partial charge in [-0.3, -0.25) is 0 Å². The number of aryl methyl sites for hydroxylation is 1. The van der Waals surface area contributed by atoms with Gasteiger partial charge in [-0.2, -0.15) is 0 Å². The van der Waals surface area contributed by atoms with Gasteiger partial charge in [0, 0.05) is 15.2 Å². The highest BCUT2D eigenvalue weighted by Crippen LogP contribution is 2.30. The second kappa shape index (κ2) is 3.32. The molecule has 4 nitrogen and oxygen atoms in total. The number of pyridine rings is 1. The summed E-state index contributed by atoms with van der Waals surface area (Å²) >= 11 is 3.48. The molecule has 0 spiro atoms. The predicted octanol–water partition coefficient (Wildman–Crippen LogP) is 3.93. The maximum absolute atomic E-state index is 5.38. The number of halogens is 1. The van der Waals surface area contributed by atoms with E-state index in [2.05, 4.69) is 37.1 Å². The van der Waals surface area contributed by atoms with Crippen molar-refractivity contribution in [1.82, 2.24) is 15.1 Å². The molecule has 0 aliphatic heterocycles. The lowest BCUT2D eigenvalue weighted by atomic mass is 10.2. The molecule has 0 fully saturated rings. The molecule has 3 aromatic heterocycles. The zero-order valence-corrected chi connectivity index (χ0v) is 11.1. The number of nitrogens with one attached hydrogen (secondary N) is 1. The number of benzene rings is 1. The van der Waals surface area contributed by atoms with Crippen LogP contribution >= 0.6 is 15.9 Å². The Morgan fingerprint density at radius 1 is 1.17 bits per heavy atom. The van der Waals surface area contributed by atoms with Crippen LogP contribution in [0.5, 0.6) is 0 Å². The molecule has 4 rings (SSSR count). The fourth-order valence-corrected chi connectivity index (χ4v) is 2.59. The minimum absolute atomic E-state index is 0.758. The van der Waals surface area contributed by atoms with Crippen molar-refractivity contribution in [3.63, 3.8) is 0 Å². The molecule has 0 aliphatic rings. The average molecular weight is 302 g/mol.